The second kappa shape index (κ2) is 10.4. The van der Waals surface area contributed by atoms with Crippen molar-refractivity contribution in [1.29, 1.82) is 0 Å². The molecule has 0 unspecified atom stereocenters. The number of aromatic nitrogens is 3. The topological polar surface area (TPSA) is 89.0 Å². The van der Waals surface area contributed by atoms with Crippen molar-refractivity contribution in [2.24, 2.45) is 0 Å². The number of thioether (sulfide) groups is 1. The average molecular weight is 463 g/mol. The summed E-state index contributed by atoms with van der Waals surface area (Å²) in [7, 11) is 1.34. The number of carbonyl (C=O) groups is 2. The highest BCUT2D eigenvalue weighted by Crippen LogP contribution is 2.32. The number of H-pyrrole nitrogens is 1. The van der Waals surface area contributed by atoms with E-state index in [2.05, 4.69) is 27.4 Å². The number of methoxy groups -OCH3 is 1. The molecule has 0 radical (unpaired) electrons. The van der Waals surface area contributed by atoms with Crippen LogP contribution < -0.4 is 5.32 Å². The molecular weight excluding hydrogens is 436 g/mol. The summed E-state index contributed by atoms with van der Waals surface area (Å²) in [6, 6.07) is 13.4. The van der Waals surface area contributed by atoms with Gasteiger partial charge >= 0.3 is 5.97 Å². The van der Waals surface area contributed by atoms with Crippen LogP contribution in [0.15, 0.2) is 67.4 Å². The fourth-order valence-corrected chi connectivity index (χ4v) is 4.36. The Balaban J connectivity index is 1.74. The molecule has 0 spiro atoms. The van der Waals surface area contributed by atoms with Gasteiger partial charge in [0.05, 0.1) is 31.2 Å². The van der Waals surface area contributed by atoms with E-state index in [1.54, 1.807) is 24.3 Å². The Morgan fingerprint density at radius 3 is 2.73 bits per heavy atom. The second-order valence-electron chi connectivity index (χ2n) is 7.69. The van der Waals surface area contributed by atoms with Crippen molar-refractivity contribution in [2.45, 2.75) is 19.0 Å². The first kappa shape index (κ1) is 22.7. The number of hydrogen-bond acceptors (Lipinski definition) is 5. The normalized spacial score (nSPS) is 11.9. The predicted octanol–water partition coefficient (Wildman–Crippen LogP) is 4.10. The maximum atomic E-state index is 13.4. The summed E-state index contributed by atoms with van der Waals surface area (Å²) in [5, 5.41) is 5.04. The summed E-state index contributed by atoms with van der Waals surface area (Å²) in [4.78, 5) is 32.9. The van der Waals surface area contributed by atoms with Crippen LogP contribution in [-0.2, 0) is 16.1 Å². The van der Waals surface area contributed by atoms with Gasteiger partial charge in [-0.25, -0.2) is 9.78 Å². The van der Waals surface area contributed by atoms with Gasteiger partial charge in [-0.1, -0.05) is 42.5 Å². The van der Waals surface area contributed by atoms with Gasteiger partial charge in [-0.15, -0.1) is 0 Å². The number of fused-ring (bicyclic) bond motifs is 1. The van der Waals surface area contributed by atoms with Crippen LogP contribution in [-0.4, -0.2) is 51.6 Å². The Morgan fingerprint density at radius 2 is 1.97 bits per heavy atom. The van der Waals surface area contributed by atoms with E-state index in [-0.39, 0.29) is 5.91 Å². The second-order valence-corrected chi connectivity index (χ2v) is 8.68. The molecule has 8 heteroatoms. The van der Waals surface area contributed by atoms with Crippen molar-refractivity contribution in [3.8, 4) is 11.1 Å². The van der Waals surface area contributed by atoms with E-state index in [4.69, 9.17) is 4.74 Å². The molecule has 1 atom stereocenters. The quantitative estimate of drug-likeness (QED) is 0.366. The molecule has 0 fully saturated rings. The Labute approximate surface area is 196 Å². The number of rotatable bonds is 9. The van der Waals surface area contributed by atoms with E-state index in [0.717, 1.165) is 33.3 Å². The first-order valence-corrected chi connectivity index (χ1v) is 12.0. The van der Waals surface area contributed by atoms with Gasteiger partial charge in [-0.05, 0) is 34.8 Å². The van der Waals surface area contributed by atoms with E-state index in [9.17, 15) is 9.59 Å². The predicted molar refractivity (Wildman–Crippen MR) is 131 cm³/mol. The van der Waals surface area contributed by atoms with Gasteiger partial charge in [-0.2, -0.15) is 11.8 Å². The highest BCUT2D eigenvalue weighted by Gasteiger charge is 2.25. The maximum Gasteiger partial charge on any atom is 0.328 e. The Hall–Kier alpha value is -3.52. The molecule has 0 aliphatic rings. The highest BCUT2D eigenvalue weighted by molar-refractivity contribution is 7.98. The van der Waals surface area contributed by atoms with Gasteiger partial charge in [0.2, 0.25) is 0 Å². The Kier molecular flexibility index (Phi) is 7.14. The number of ether oxygens (including phenoxy) is 1. The highest BCUT2D eigenvalue weighted by atomic mass is 32.2. The summed E-state index contributed by atoms with van der Waals surface area (Å²) >= 11 is 1.62. The smallest absolute Gasteiger partial charge is 0.328 e. The average Bonchev–Trinajstić information content (AvgIpc) is 3.51. The van der Waals surface area contributed by atoms with Crippen LogP contribution in [0.1, 0.15) is 22.5 Å². The zero-order valence-electron chi connectivity index (χ0n) is 18.6. The molecule has 170 valence electrons. The fraction of sp³-hybridized carbons (Fsp3) is 0.240. The van der Waals surface area contributed by atoms with Gasteiger partial charge in [-0.3, -0.25) is 4.79 Å². The largest absolute Gasteiger partial charge is 0.467 e. The molecule has 0 saturated carbocycles. The lowest BCUT2D eigenvalue weighted by molar-refractivity contribution is -0.142. The standard InChI is InChI=1S/C25H26N4O3S/c1-32-25(31)23(10-11-33-2)28-24(30)22-15-29(13-18-12-26-16-27-18)14-21(22)20-9-5-7-17-6-3-4-8-19(17)20/h3-9,12,14-16,23H,10-11,13H2,1-2H3,(H,26,27)(H,28,30)/t23-/m0/s1. The van der Waals surface area contributed by atoms with Crippen LogP contribution in [0.4, 0.5) is 0 Å². The van der Waals surface area contributed by atoms with Crippen LogP contribution >= 0.6 is 11.8 Å². The molecule has 0 bridgehead atoms. The third kappa shape index (κ3) is 5.12. The number of imidazole rings is 1. The van der Waals surface area contributed by atoms with E-state index in [1.165, 1.54) is 7.11 Å². The first-order chi connectivity index (χ1) is 16.1. The number of hydrogen-bond donors (Lipinski definition) is 2. The molecule has 0 aliphatic carbocycles. The molecule has 2 N–H and O–H groups in total. The minimum atomic E-state index is -0.703. The van der Waals surface area contributed by atoms with E-state index in [0.29, 0.717) is 18.5 Å². The lowest BCUT2D eigenvalue weighted by atomic mass is 9.97. The summed E-state index contributed by atoms with van der Waals surface area (Å²) in [6.07, 6.45) is 9.63. The van der Waals surface area contributed by atoms with Crippen LogP contribution in [0.25, 0.3) is 21.9 Å². The number of nitrogens with zero attached hydrogens (tertiary/aromatic N) is 2. The monoisotopic (exact) mass is 462 g/mol. The molecule has 2 heterocycles. The van der Waals surface area contributed by atoms with Crippen LogP contribution in [0.5, 0.6) is 0 Å². The summed E-state index contributed by atoms with van der Waals surface area (Å²) in [5.74, 6) is -0.0179. The first-order valence-electron chi connectivity index (χ1n) is 10.6. The molecule has 4 rings (SSSR count). The molecule has 0 saturated heterocycles. The number of benzene rings is 2. The van der Waals surface area contributed by atoms with Crippen molar-refractivity contribution in [3.05, 3.63) is 78.6 Å². The number of esters is 1. The maximum absolute atomic E-state index is 13.4. The van der Waals surface area contributed by atoms with Crippen LogP contribution in [0.3, 0.4) is 0 Å². The van der Waals surface area contributed by atoms with Crippen molar-refractivity contribution in [3.63, 3.8) is 0 Å². The SMILES string of the molecule is COC(=O)[C@H](CCSC)NC(=O)c1cn(Cc2cnc[nH]2)cc1-c1cccc2ccccc12. The molecule has 1 amide bonds. The van der Waals surface area contributed by atoms with Crippen molar-refractivity contribution >= 4 is 34.4 Å². The third-order valence-corrected chi connectivity index (χ3v) is 6.16. The van der Waals surface area contributed by atoms with E-state index < -0.39 is 12.0 Å². The Morgan fingerprint density at radius 1 is 1.15 bits per heavy atom. The van der Waals surface area contributed by atoms with E-state index in [1.807, 2.05) is 53.5 Å². The van der Waals surface area contributed by atoms with Crippen molar-refractivity contribution < 1.29 is 14.3 Å². The van der Waals surface area contributed by atoms with Crippen molar-refractivity contribution in [2.75, 3.05) is 19.1 Å². The zero-order valence-corrected chi connectivity index (χ0v) is 19.4. The minimum Gasteiger partial charge on any atom is -0.467 e. The van der Waals surface area contributed by atoms with Gasteiger partial charge in [0.15, 0.2) is 0 Å². The molecule has 0 aliphatic heterocycles. The third-order valence-electron chi connectivity index (χ3n) is 5.51. The number of carbonyl (C=O) groups excluding carboxylic acids is 2. The molecule has 7 nitrogen and oxygen atoms in total. The molecule has 2 aromatic heterocycles. The Bertz CT molecular complexity index is 1240. The van der Waals surface area contributed by atoms with Gasteiger partial charge < -0.3 is 19.6 Å². The summed E-state index contributed by atoms with van der Waals surface area (Å²) in [5.41, 5.74) is 3.19. The zero-order chi connectivity index (χ0) is 23.2. The van der Waals surface area contributed by atoms with Gasteiger partial charge in [0.1, 0.15) is 6.04 Å². The van der Waals surface area contributed by atoms with Gasteiger partial charge in [0, 0.05) is 24.2 Å². The lowest BCUT2D eigenvalue weighted by Crippen LogP contribution is -2.42. The molecule has 2 aromatic carbocycles. The van der Waals surface area contributed by atoms with Crippen LogP contribution in [0, 0.1) is 0 Å². The van der Waals surface area contributed by atoms with E-state index >= 15 is 0 Å². The molecule has 4 aromatic rings. The minimum absolute atomic E-state index is 0.308. The fourth-order valence-electron chi connectivity index (χ4n) is 3.89. The van der Waals surface area contributed by atoms with Crippen LogP contribution in [0.2, 0.25) is 0 Å². The lowest BCUT2D eigenvalue weighted by Gasteiger charge is -2.16. The summed E-state index contributed by atoms with van der Waals surface area (Å²) < 4.78 is 6.87. The molecular formula is C25H26N4O3S. The summed E-state index contributed by atoms with van der Waals surface area (Å²) in [6.45, 7) is 0.540. The number of nitrogens with one attached hydrogen (secondary N) is 2. The van der Waals surface area contributed by atoms with Gasteiger partial charge in [0.25, 0.3) is 5.91 Å². The van der Waals surface area contributed by atoms with Crippen molar-refractivity contribution in [1.82, 2.24) is 19.9 Å². The number of amides is 1. The number of aromatic amines is 1. The molecule has 33 heavy (non-hydrogen) atoms.